The Balaban J connectivity index is 1.53. The van der Waals surface area contributed by atoms with E-state index in [-0.39, 0.29) is 30.9 Å². The van der Waals surface area contributed by atoms with Gasteiger partial charge in [-0.2, -0.15) is 4.98 Å². The Hall–Kier alpha value is -3.09. The van der Waals surface area contributed by atoms with Crippen LogP contribution in [0.4, 0.5) is 8.78 Å². The Kier molecular flexibility index (Phi) is 5.36. The molecule has 1 heterocycles. The summed E-state index contributed by atoms with van der Waals surface area (Å²) < 4.78 is 31.6. The van der Waals surface area contributed by atoms with Gasteiger partial charge in [-0.25, -0.2) is 8.78 Å². The van der Waals surface area contributed by atoms with Crippen LogP contribution >= 0.6 is 0 Å². The maximum atomic E-state index is 13.5. The Bertz CT molecular complexity index is 925. The molecule has 1 N–H and O–H groups in total. The van der Waals surface area contributed by atoms with Crippen molar-refractivity contribution in [3.63, 3.8) is 0 Å². The first-order valence-electron chi connectivity index (χ1n) is 8.12. The maximum Gasteiger partial charge on any atom is 0.227 e. The second kappa shape index (κ2) is 7.86. The average molecular weight is 357 g/mol. The molecule has 0 radical (unpaired) electrons. The molecule has 0 aliphatic heterocycles. The fourth-order valence-corrected chi connectivity index (χ4v) is 2.46. The molecule has 0 fully saturated rings. The van der Waals surface area contributed by atoms with Crippen LogP contribution in [0.15, 0.2) is 47.0 Å². The Morgan fingerprint density at radius 2 is 2.00 bits per heavy atom. The van der Waals surface area contributed by atoms with E-state index in [0.29, 0.717) is 11.7 Å². The van der Waals surface area contributed by atoms with E-state index in [0.717, 1.165) is 23.3 Å². The Morgan fingerprint density at radius 1 is 1.19 bits per heavy atom. The average Bonchev–Trinajstić information content (AvgIpc) is 3.08. The zero-order valence-corrected chi connectivity index (χ0v) is 14.1. The first kappa shape index (κ1) is 17.7. The van der Waals surface area contributed by atoms with E-state index in [1.165, 1.54) is 6.07 Å². The summed E-state index contributed by atoms with van der Waals surface area (Å²) >= 11 is 0. The largest absolute Gasteiger partial charge is 0.352 e. The first-order valence-corrected chi connectivity index (χ1v) is 8.12. The molecule has 0 aliphatic carbocycles. The number of carbonyl (C=O) groups is 1. The normalized spacial score (nSPS) is 10.7. The van der Waals surface area contributed by atoms with Gasteiger partial charge in [0, 0.05) is 36.6 Å². The third-order valence-electron chi connectivity index (χ3n) is 3.91. The monoisotopic (exact) mass is 357 g/mol. The summed E-state index contributed by atoms with van der Waals surface area (Å²) in [5, 5.41) is 6.52. The minimum absolute atomic E-state index is 0.0107. The maximum absolute atomic E-state index is 13.5. The van der Waals surface area contributed by atoms with Gasteiger partial charge < -0.3 is 9.84 Å². The number of rotatable bonds is 6. The van der Waals surface area contributed by atoms with Crippen LogP contribution < -0.4 is 5.32 Å². The van der Waals surface area contributed by atoms with Crippen molar-refractivity contribution in [3.05, 3.63) is 71.1 Å². The first-order chi connectivity index (χ1) is 12.5. The van der Waals surface area contributed by atoms with Crippen molar-refractivity contribution in [2.75, 3.05) is 0 Å². The summed E-state index contributed by atoms with van der Waals surface area (Å²) in [5.74, 6) is -0.800. The minimum atomic E-state index is -0.690. The standard InChI is InChI=1S/C19H17F2N3O2/c1-12-4-2-3-5-15(12)19-23-18(26-24-19)9-8-17(25)22-11-13-6-7-14(20)10-16(13)21/h2-7,10H,8-9,11H2,1H3,(H,22,25). The van der Waals surface area contributed by atoms with Crippen molar-refractivity contribution in [2.45, 2.75) is 26.3 Å². The van der Waals surface area contributed by atoms with Crippen LogP contribution in [0.25, 0.3) is 11.4 Å². The predicted octanol–water partition coefficient (Wildman–Crippen LogP) is 3.57. The molecule has 3 rings (SSSR count). The summed E-state index contributed by atoms with van der Waals surface area (Å²) in [6.45, 7) is 1.94. The number of halogens is 2. The van der Waals surface area contributed by atoms with Crippen molar-refractivity contribution in [1.82, 2.24) is 15.5 Å². The van der Waals surface area contributed by atoms with E-state index in [1.54, 1.807) is 0 Å². The van der Waals surface area contributed by atoms with Crippen LogP contribution in [0, 0.1) is 18.6 Å². The summed E-state index contributed by atoms with van der Waals surface area (Å²) in [6, 6.07) is 10.9. The van der Waals surface area contributed by atoms with Gasteiger partial charge in [-0.15, -0.1) is 0 Å². The smallest absolute Gasteiger partial charge is 0.227 e. The highest BCUT2D eigenvalue weighted by molar-refractivity contribution is 5.76. The molecule has 0 spiro atoms. The Morgan fingerprint density at radius 3 is 2.77 bits per heavy atom. The van der Waals surface area contributed by atoms with E-state index < -0.39 is 11.6 Å². The number of aryl methyl sites for hydroxylation is 2. The molecule has 0 atom stereocenters. The molecule has 26 heavy (non-hydrogen) atoms. The number of hydrogen-bond acceptors (Lipinski definition) is 4. The number of hydrogen-bond donors (Lipinski definition) is 1. The molecule has 0 aliphatic rings. The van der Waals surface area contributed by atoms with Crippen LogP contribution in [0.2, 0.25) is 0 Å². The van der Waals surface area contributed by atoms with Gasteiger partial charge in [0.25, 0.3) is 0 Å². The van der Waals surface area contributed by atoms with Gasteiger partial charge in [-0.3, -0.25) is 4.79 Å². The van der Waals surface area contributed by atoms with Crippen molar-refractivity contribution < 1.29 is 18.1 Å². The lowest BCUT2D eigenvalue weighted by atomic mass is 10.1. The second-order valence-corrected chi connectivity index (χ2v) is 5.84. The van der Waals surface area contributed by atoms with Gasteiger partial charge in [-0.1, -0.05) is 35.5 Å². The van der Waals surface area contributed by atoms with Crippen LogP contribution in [0.5, 0.6) is 0 Å². The quantitative estimate of drug-likeness (QED) is 0.732. The molecule has 2 aromatic carbocycles. The van der Waals surface area contributed by atoms with E-state index in [4.69, 9.17) is 4.52 Å². The van der Waals surface area contributed by atoms with E-state index >= 15 is 0 Å². The number of amides is 1. The van der Waals surface area contributed by atoms with Gasteiger partial charge >= 0.3 is 0 Å². The summed E-state index contributed by atoms with van der Waals surface area (Å²) in [5.41, 5.74) is 2.12. The van der Waals surface area contributed by atoms with Gasteiger partial charge in [-0.05, 0) is 18.6 Å². The van der Waals surface area contributed by atoms with Gasteiger partial charge in [0.1, 0.15) is 11.6 Å². The number of nitrogens with zero attached hydrogens (tertiary/aromatic N) is 2. The van der Waals surface area contributed by atoms with Crippen LogP contribution in [0.1, 0.15) is 23.4 Å². The molecule has 134 valence electrons. The van der Waals surface area contributed by atoms with Gasteiger partial charge in [0.05, 0.1) is 0 Å². The molecule has 0 bridgehead atoms. The number of carbonyl (C=O) groups excluding carboxylic acids is 1. The number of nitrogens with one attached hydrogen (secondary N) is 1. The van der Waals surface area contributed by atoms with Crippen molar-refractivity contribution in [2.24, 2.45) is 0 Å². The third kappa shape index (κ3) is 4.30. The molecule has 7 heteroatoms. The molecule has 5 nitrogen and oxygen atoms in total. The van der Waals surface area contributed by atoms with E-state index in [1.807, 2.05) is 31.2 Å². The Labute approximate surface area is 149 Å². The van der Waals surface area contributed by atoms with Crippen LogP contribution in [0.3, 0.4) is 0 Å². The predicted molar refractivity (Wildman–Crippen MR) is 91.0 cm³/mol. The lowest BCUT2D eigenvalue weighted by Crippen LogP contribution is -2.23. The highest BCUT2D eigenvalue weighted by Crippen LogP contribution is 2.20. The van der Waals surface area contributed by atoms with E-state index in [2.05, 4.69) is 15.5 Å². The molecule has 0 unspecified atom stereocenters. The van der Waals surface area contributed by atoms with Gasteiger partial charge in [0.2, 0.25) is 17.6 Å². The zero-order valence-electron chi connectivity index (χ0n) is 14.1. The lowest BCUT2D eigenvalue weighted by Gasteiger charge is -2.05. The lowest BCUT2D eigenvalue weighted by molar-refractivity contribution is -0.121. The topological polar surface area (TPSA) is 68.0 Å². The molecule has 0 saturated heterocycles. The van der Waals surface area contributed by atoms with Crippen LogP contribution in [-0.4, -0.2) is 16.0 Å². The second-order valence-electron chi connectivity index (χ2n) is 5.84. The molecule has 0 saturated carbocycles. The summed E-state index contributed by atoms with van der Waals surface area (Å²) in [7, 11) is 0. The zero-order chi connectivity index (χ0) is 18.5. The fraction of sp³-hybridized carbons (Fsp3) is 0.211. The molecule has 1 amide bonds. The van der Waals surface area contributed by atoms with E-state index in [9.17, 15) is 13.6 Å². The highest BCUT2D eigenvalue weighted by Gasteiger charge is 2.12. The van der Waals surface area contributed by atoms with Crippen molar-refractivity contribution >= 4 is 5.91 Å². The van der Waals surface area contributed by atoms with Crippen molar-refractivity contribution in [3.8, 4) is 11.4 Å². The molecule has 1 aromatic heterocycles. The van der Waals surface area contributed by atoms with Crippen molar-refractivity contribution in [1.29, 1.82) is 0 Å². The number of benzene rings is 2. The fourth-order valence-electron chi connectivity index (χ4n) is 2.46. The minimum Gasteiger partial charge on any atom is -0.352 e. The third-order valence-corrected chi connectivity index (χ3v) is 3.91. The summed E-state index contributed by atoms with van der Waals surface area (Å²) in [4.78, 5) is 16.2. The number of aromatic nitrogens is 2. The molecular formula is C19H17F2N3O2. The summed E-state index contributed by atoms with van der Waals surface area (Å²) in [6.07, 6.45) is 0.398. The highest BCUT2D eigenvalue weighted by atomic mass is 19.1. The van der Waals surface area contributed by atoms with Gasteiger partial charge in [0.15, 0.2) is 0 Å². The van der Waals surface area contributed by atoms with Crippen LogP contribution in [-0.2, 0) is 17.8 Å². The molecule has 3 aromatic rings. The molecular weight excluding hydrogens is 340 g/mol. The SMILES string of the molecule is Cc1ccccc1-c1noc(CCC(=O)NCc2ccc(F)cc2F)n1.